The van der Waals surface area contributed by atoms with Gasteiger partial charge in [-0.2, -0.15) is 0 Å². The van der Waals surface area contributed by atoms with Crippen LogP contribution < -0.4 is 10.1 Å². The molecule has 0 amide bonds. The molecule has 0 spiro atoms. The van der Waals surface area contributed by atoms with Crippen LogP contribution >= 0.6 is 11.8 Å². The van der Waals surface area contributed by atoms with E-state index < -0.39 is 0 Å². The van der Waals surface area contributed by atoms with Crippen molar-refractivity contribution in [3.8, 4) is 5.75 Å². The second-order valence-corrected chi connectivity index (χ2v) is 6.17. The van der Waals surface area contributed by atoms with E-state index in [2.05, 4.69) is 5.32 Å². The van der Waals surface area contributed by atoms with Crippen molar-refractivity contribution in [1.82, 2.24) is 0 Å². The highest BCUT2D eigenvalue weighted by molar-refractivity contribution is 8.13. The first-order chi connectivity index (χ1) is 10.7. The summed E-state index contributed by atoms with van der Waals surface area (Å²) in [6.07, 6.45) is 0.467. The van der Waals surface area contributed by atoms with Crippen LogP contribution in [-0.4, -0.2) is 18.0 Å². The average molecular weight is 315 g/mol. The fraction of sp³-hybridized carbons (Fsp3) is 0.278. The largest absolute Gasteiger partial charge is 0.497 e. The standard InChI is InChI=1S/C18H21NO2S/c1-3-22-18(20)13-17(14-7-5-4-6-8-14)19-15-9-11-16(21-2)12-10-15/h4-12,17,19H,3,13H2,1-2H3. The zero-order valence-corrected chi connectivity index (χ0v) is 13.7. The molecule has 1 atom stereocenters. The van der Waals surface area contributed by atoms with Crippen LogP contribution in [0.25, 0.3) is 0 Å². The molecule has 0 heterocycles. The third-order valence-electron chi connectivity index (χ3n) is 3.31. The third kappa shape index (κ3) is 4.81. The molecule has 3 nitrogen and oxygen atoms in total. The summed E-state index contributed by atoms with van der Waals surface area (Å²) < 4.78 is 5.17. The van der Waals surface area contributed by atoms with E-state index in [-0.39, 0.29) is 11.2 Å². The minimum Gasteiger partial charge on any atom is -0.497 e. The Bertz CT molecular complexity index is 584. The zero-order valence-electron chi connectivity index (χ0n) is 12.9. The number of carbonyl (C=O) groups is 1. The Morgan fingerprint density at radius 2 is 1.82 bits per heavy atom. The van der Waals surface area contributed by atoms with Crippen molar-refractivity contribution in [2.45, 2.75) is 19.4 Å². The molecule has 4 heteroatoms. The average Bonchev–Trinajstić information content (AvgIpc) is 2.56. The van der Waals surface area contributed by atoms with Crippen LogP contribution in [0, 0.1) is 0 Å². The Balaban J connectivity index is 2.14. The highest BCUT2D eigenvalue weighted by Gasteiger charge is 2.16. The number of hydrogen-bond donors (Lipinski definition) is 1. The van der Waals surface area contributed by atoms with Gasteiger partial charge in [0.1, 0.15) is 5.75 Å². The molecule has 116 valence electrons. The zero-order chi connectivity index (χ0) is 15.8. The first-order valence-corrected chi connectivity index (χ1v) is 8.32. The van der Waals surface area contributed by atoms with Gasteiger partial charge in [0.05, 0.1) is 13.2 Å². The van der Waals surface area contributed by atoms with Gasteiger partial charge in [-0.1, -0.05) is 49.0 Å². The maximum absolute atomic E-state index is 12.0. The number of methoxy groups -OCH3 is 1. The van der Waals surface area contributed by atoms with E-state index in [4.69, 9.17) is 4.74 Å². The van der Waals surface area contributed by atoms with Crippen LogP contribution in [0.3, 0.4) is 0 Å². The Hall–Kier alpha value is -1.94. The Kier molecular flexibility index (Phi) is 6.34. The van der Waals surface area contributed by atoms with Gasteiger partial charge in [-0.3, -0.25) is 4.79 Å². The van der Waals surface area contributed by atoms with Crippen LogP contribution in [0.1, 0.15) is 24.9 Å². The number of rotatable bonds is 7. The Morgan fingerprint density at radius 3 is 2.41 bits per heavy atom. The number of carbonyl (C=O) groups excluding carboxylic acids is 1. The summed E-state index contributed by atoms with van der Waals surface area (Å²) in [6.45, 7) is 2.00. The molecular formula is C18H21NO2S. The molecule has 1 unspecified atom stereocenters. The van der Waals surface area contributed by atoms with Gasteiger partial charge >= 0.3 is 0 Å². The number of hydrogen-bond acceptors (Lipinski definition) is 4. The van der Waals surface area contributed by atoms with E-state index in [1.807, 2.05) is 61.5 Å². The smallest absolute Gasteiger partial charge is 0.191 e. The Labute approximate surface area is 136 Å². The van der Waals surface area contributed by atoms with Gasteiger partial charge in [0, 0.05) is 12.1 Å². The molecule has 0 saturated carbocycles. The number of ether oxygens (including phenoxy) is 1. The van der Waals surface area contributed by atoms with Crippen molar-refractivity contribution >= 4 is 22.6 Å². The summed E-state index contributed by atoms with van der Waals surface area (Å²) in [5, 5.41) is 3.65. The SMILES string of the molecule is CCSC(=O)CC(Nc1ccc(OC)cc1)c1ccccc1. The molecule has 0 aliphatic rings. The van der Waals surface area contributed by atoms with Crippen molar-refractivity contribution < 1.29 is 9.53 Å². The maximum Gasteiger partial charge on any atom is 0.191 e. The van der Waals surface area contributed by atoms with E-state index in [1.54, 1.807) is 7.11 Å². The highest BCUT2D eigenvalue weighted by Crippen LogP contribution is 2.26. The first-order valence-electron chi connectivity index (χ1n) is 7.34. The van der Waals surface area contributed by atoms with Crippen LogP contribution in [-0.2, 0) is 4.79 Å². The van der Waals surface area contributed by atoms with Crippen molar-refractivity contribution in [3.05, 3.63) is 60.2 Å². The molecule has 0 aliphatic heterocycles. The van der Waals surface area contributed by atoms with Crippen LogP contribution in [0.4, 0.5) is 5.69 Å². The van der Waals surface area contributed by atoms with Crippen LogP contribution in [0.15, 0.2) is 54.6 Å². The highest BCUT2D eigenvalue weighted by atomic mass is 32.2. The molecule has 0 aliphatic carbocycles. The lowest BCUT2D eigenvalue weighted by atomic mass is 10.0. The van der Waals surface area contributed by atoms with Gasteiger partial charge in [-0.25, -0.2) is 0 Å². The van der Waals surface area contributed by atoms with Crippen molar-refractivity contribution in [2.75, 3.05) is 18.2 Å². The molecule has 0 fully saturated rings. The normalized spacial score (nSPS) is 11.7. The summed E-state index contributed by atoms with van der Waals surface area (Å²) in [7, 11) is 1.65. The van der Waals surface area contributed by atoms with Gasteiger partial charge in [0.15, 0.2) is 5.12 Å². The predicted octanol–water partition coefficient (Wildman–Crippen LogP) is 4.52. The molecule has 0 radical (unpaired) electrons. The lowest BCUT2D eigenvalue weighted by Crippen LogP contribution is -2.14. The lowest BCUT2D eigenvalue weighted by Gasteiger charge is -2.20. The topological polar surface area (TPSA) is 38.3 Å². The quantitative estimate of drug-likeness (QED) is 0.815. The van der Waals surface area contributed by atoms with E-state index in [1.165, 1.54) is 11.8 Å². The fourth-order valence-corrected chi connectivity index (χ4v) is 2.82. The summed E-state index contributed by atoms with van der Waals surface area (Å²) >= 11 is 1.37. The van der Waals surface area contributed by atoms with Crippen molar-refractivity contribution in [1.29, 1.82) is 0 Å². The molecule has 2 rings (SSSR count). The summed E-state index contributed by atoms with van der Waals surface area (Å²) in [5.41, 5.74) is 2.09. The number of nitrogens with one attached hydrogen (secondary N) is 1. The van der Waals surface area contributed by atoms with Crippen LogP contribution in [0.5, 0.6) is 5.75 Å². The monoisotopic (exact) mass is 315 g/mol. The molecule has 1 N–H and O–H groups in total. The van der Waals surface area contributed by atoms with Crippen molar-refractivity contribution in [2.24, 2.45) is 0 Å². The summed E-state index contributed by atoms with van der Waals surface area (Å²) in [6, 6.07) is 17.8. The fourth-order valence-electron chi connectivity index (χ4n) is 2.21. The lowest BCUT2D eigenvalue weighted by molar-refractivity contribution is -0.111. The van der Waals surface area contributed by atoms with Crippen LogP contribution in [0.2, 0.25) is 0 Å². The molecule has 0 aromatic heterocycles. The van der Waals surface area contributed by atoms with E-state index in [0.29, 0.717) is 6.42 Å². The molecule has 22 heavy (non-hydrogen) atoms. The summed E-state index contributed by atoms with van der Waals surface area (Å²) in [4.78, 5) is 12.0. The second-order valence-electron chi connectivity index (χ2n) is 4.85. The number of benzene rings is 2. The molecule has 2 aromatic rings. The van der Waals surface area contributed by atoms with Gasteiger partial charge in [0.2, 0.25) is 0 Å². The first kappa shape index (κ1) is 16.4. The second kappa shape index (κ2) is 8.49. The minimum atomic E-state index is -0.0267. The van der Waals surface area contributed by atoms with Gasteiger partial charge < -0.3 is 10.1 Å². The van der Waals surface area contributed by atoms with Gasteiger partial charge in [-0.15, -0.1) is 0 Å². The van der Waals surface area contributed by atoms with Gasteiger partial charge in [0.25, 0.3) is 0 Å². The van der Waals surface area contributed by atoms with E-state index in [9.17, 15) is 4.79 Å². The number of thioether (sulfide) groups is 1. The van der Waals surface area contributed by atoms with E-state index in [0.717, 1.165) is 22.8 Å². The molecular weight excluding hydrogens is 294 g/mol. The predicted molar refractivity (Wildman–Crippen MR) is 93.6 cm³/mol. The van der Waals surface area contributed by atoms with Gasteiger partial charge in [-0.05, 0) is 35.6 Å². The van der Waals surface area contributed by atoms with E-state index >= 15 is 0 Å². The third-order valence-corrected chi connectivity index (χ3v) is 4.09. The minimum absolute atomic E-state index is 0.0267. The summed E-state index contributed by atoms with van der Waals surface area (Å²) in [5.74, 6) is 1.63. The molecule has 2 aromatic carbocycles. The van der Waals surface area contributed by atoms with Crippen molar-refractivity contribution in [3.63, 3.8) is 0 Å². The maximum atomic E-state index is 12.0. The Morgan fingerprint density at radius 1 is 1.14 bits per heavy atom. The molecule has 0 bridgehead atoms. The number of anilines is 1. The molecule has 0 saturated heterocycles.